The highest BCUT2D eigenvalue weighted by molar-refractivity contribution is 4.70. The molecule has 0 spiro atoms. The number of nitrogens with zero attached hydrogens (tertiary/aromatic N) is 1. The van der Waals surface area contributed by atoms with E-state index in [0.717, 1.165) is 13.1 Å². The summed E-state index contributed by atoms with van der Waals surface area (Å²) in [5.74, 6) is 0. The van der Waals surface area contributed by atoms with Crippen LogP contribution in [-0.4, -0.2) is 29.7 Å². The molecule has 2 nitrogen and oxygen atoms in total. The first-order chi connectivity index (χ1) is 7.85. The van der Waals surface area contributed by atoms with E-state index in [9.17, 15) is 0 Å². The lowest BCUT2D eigenvalue weighted by Crippen LogP contribution is -2.21. The van der Waals surface area contributed by atoms with Crippen molar-refractivity contribution in [3.63, 3.8) is 0 Å². The summed E-state index contributed by atoms with van der Waals surface area (Å²) < 4.78 is 0. The minimum Gasteiger partial charge on any atom is -0.395 e. The van der Waals surface area contributed by atoms with Crippen LogP contribution in [-0.2, 0) is 0 Å². The van der Waals surface area contributed by atoms with Crippen molar-refractivity contribution in [2.45, 2.75) is 58.3 Å². The van der Waals surface area contributed by atoms with E-state index in [-0.39, 0.29) is 6.61 Å². The van der Waals surface area contributed by atoms with Crippen molar-refractivity contribution in [2.75, 3.05) is 19.7 Å². The summed E-state index contributed by atoms with van der Waals surface area (Å²) in [7, 11) is 0. The minimum atomic E-state index is 0.225. The van der Waals surface area contributed by atoms with Gasteiger partial charge in [0.2, 0.25) is 0 Å². The third-order valence-corrected chi connectivity index (χ3v) is 2.94. The van der Waals surface area contributed by atoms with Crippen LogP contribution in [0.3, 0.4) is 0 Å². The molecule has 0 unspecified atom stereocenters. The Morgan fingerprint density at radius 3 is 2.00 bits per heavy atom. The Bertz CT molecular complexity index is 148. The molecule has 0 aromatic heterocycles. The largest absolute Gasteiger partial charge is 0.395 e. The van der Waals surface area contributed by atoms with Gasteiger partial charge in [-0.15, -0.1) is 0 Å². The summed E-state index contributed by atoms with van der Waals surface area (Å²) in [6.07, 6.45) is 12.6. The van der Waals surface area contributed by atoms with Gasteiger partial charge in [0.25, 0.3) is 0 Å². The highest BCUT2D eigenvalue weighted by Gasteiger charge is 1.97. The summed E-state index contributed by atoms with van der Waals surface area (Å²) >= 11 is 0. The third-order valence-electron chi connectivity index (χ3n) is 2.94. The quantitative estimate of drug-likeness (QED) is 0.515. The molecule has 1 N–H and O–H groups in total. The fourth-order valence-corrected chi connectivity index (χ4v) is 1.87. The van der Waals surface area contributed by atoms with Crippen molar-refractivity contribution < 1.29 is 5.11 Å². The highest BCUT2D eigenvalue weighted by atomic mass is 16.3. The minimum absolute atomic E-state index is 0.225. The molecule has 0 fully saturated rings. The van der Waals surface area contributed by atoms with Crippen molar-refractivity contribution >= 4 is 0 Å². The topological polar surface area (TPSA) is 23.5 Å². The number of rotatable bonds is 12. The molecule has 96 valence electrons. The van der Waals surface area contributed by atoms with Gasteiger partial charge in [-0.25, -0.2) is 0 Å². The fourth-order valence-electron chi connectivity index (χ4n) is 1.87. The summed E-state index contributed by atoms with van der Waals surface area (Å²) in [6, 6.07) is 0. The van der Waals surface area contributed by atoms with Crippen molar-refractivity contribution in [3.8, 4) is 0 Å². The van der Waals surface area contributed by atoms with Crippen LogP contribution < -0.4 is 0 Å². The molecule has 2 heteroatoms. The standard InChI is InChI=1S/C14H29NO/c1-3-5-6-7-8-9-10-11-12-15(4-2)13-14-16/h4,16H,2-3,5-14H2,1H3. The zero-order chi connectivity index (χ0) is 12.1. The van der Waals surface area contributed by atoms with Gasteiger partial charge in [-0.3, -0.25) is 0 Å². The molecule has 0 heterocycles. The van der Waals surface area contributed by atoms with E-state index in [2.05, 4.69) is 18.4 Å². The maximum Gasteiger partial charge on any atom is 0.0606 e. The zero-order valence-electron chi connectivity index (χ0n) is 11.0. The van der Waals surface area contributed by atoms with Crippen LogP contribution in [0.1, 0.15) is 58.3 Å². The van der Waals surface area contributed by atoms with Gasteiger partial charge in [-0.1, -0.05) is 58.4 Å². The van der Waals surface area contributed by atoms with Crippen LogP contribution in [0.4, 0.5) is 0 Å². The lowest BCUT2D eigenvalue weighted by molar-refractivity contribution is 0.234. The molecule has 0 aromatic carbocycles. The van der Waals surface area contributed by atoms with Gasteiger partial charge < -0.3 is 10.0 Å². The van der Waals surface area contributed by atoms with Crippen molar-refractivity contribution in [1.82, 2.24) is 4.90 Å². The first-order valence-corrected chi connectivity index (χ1v) is 6.82. The van der Waals surface area contributed by atoms with Crippen molar-refractivity contribution in [2.24, 2.45) is 0 Å². The monoisotopic (exact) mass is 227 g/mol. The molecule has 0 aliphatic heterocycles. The number of aliphatic hydroxyl groups is 1. The van der Waals surface area contributed by atoms with Gasteiger partial charge in [-0.2, -0.15) is 0 Å². The van der Waals surface area contributed by atoms with Crippen molar-refractivity contribution in [1.29, 1.82) is 0 Å². The predicted molar refractivity (Wildman–Crippen MR) is 71.5 cm³/mol. The molecular weight excluding hydrogens is 198 g/mol. The second kappa shape index (κ2) is 12.6. The molecule has 16 heavy (non-hydrogen) atoms. The van der Waals surface area contributed by atoms with Gasteiger partial charge in [0.1, 0.15) is 0 Å². The Morgan fingerprint density at radius 1 is 0.938 bits per heavy atom. The fraction of sp³-hybridized carbons (Fsp3) is 0.857. The van der Waals surface area contributed by atoms with E-state index in [1.54, 1.807) is 0 Å². The summed E-state index contributed by atoms with van der Waals surface area (Å²) in [5, 5.41) is 8.80. The van der Waals surface area contributed by atoms with Crippen LogP contribution in [0.15, 0.2) is 12.8 Å². The van der Waals surface area contributed by atoms with Crippen LogP contribution in [0, 0.1) is 0 Å². The maximum absolute atomic E-state index is 8.80. The SMILES string of the molecule is C=CN(CCO)CCCCCCCCCC. The molecule has 0 atom stereocenters. The molecule has 0 amide bonds. The molecular formula is C14H29NO. The normalized spacial score (nSPS) is 10.4. The lowest BCUT2D eigenvalue weighted by atomic mass is 10.1. The van der Waals surface area contributed by atoms with E-state index in [1.165, 1.54) is 51.4 Å². The second-order valence-corrected chi connectivity index (χ2v) is 4.42. The van der Waals surface area contributed by atoms with E-state index in [0.29, 0.717) is 0 Å². The Hall–Kier alpha value is -0.500. The summed E-state index contributed by atoms with van der Waals surface area (Å²) in [6.45, 7) is 7.99. The van der Waals surface area contributed by atoms with Gasteiger partial charge in [0.15, 0.2) is 0 Å². The number of hydrogen-bond donors (Lipinski definition) is 1. The first kappa shape index (κ1) is 15.5. The van der Waals surface area contributed by atoms with Gasteiger partial charge in [0.05, 0.1) is 6.61 Å². The zero-order valence-corrected chi connectivity index (χ0v) is 11.0. The average molecular weight is 227 g/mol. The Morgan fingerprint density at radius 2 is 1.50 bits per heavy atom. The second-order valence-electron chi connectivity index (χ2n) is 4.42. The van der Waals surface area contributed by atoms with Crippen LogP contribution in [0.5, 0.6) is 0 Å². The van der Waals surface area contributed by atoms with Crippen LogP contribution in [0.2, 0.25) is 0 Å². The van der Waals surface area contributed by atoms with Gasteiger partial charge in [-0.05, 0) is 12.6 Å². The van der Waals surface area contributed by atoms with E-state index in [4.69, 9.17) is 5.11 Å². The van der Waals surface area contributed by atoms with Crippen molar-refractivity contribution in [3.05, 3.63) is 12.8 Å². The molecule has 0 aliphatic rings. The predicted octanol–water partition coefficient (Wildman–Crippen LogP) is 3.56. The smallest absolute Gasteiger partial charge is 0.0606 e. The molecule has 0 aliphatic carbocycles. The highest BCUT2D eigenvalue weighted by Crippen LogP contribution is 2.08. The average Bonchev–Trinajstić information content (AvgIpc) is 2.31. The number of aliphatic hydroxyl groups excluding tert-OH is 1. The molecule has 0 saturated carbocycles. The Balaban J connectivity index is 3.15. The van der Waals surface area contributed by atoms with Crippen LogP contribution >= 0.6 is 0 Å². The van der Waals surface area contributed by atoms with Gasteiger partial charge in [0, 0.05) is 13.1 Å². The Kier molecular flexibility index (Phi) is 12.2. The third kappa shape index (κ3) is 10.0. The first-order valence-electron chi connectivity index (χ1n) is 6.82. The molecule has 0 rings (SSSR count). The number of hydrogen-bond acceptors (Lipinski definition) is 2. The maximum atomic E-state index is 8.80. The Labute approximate surface area is 101 Å². The number of unbranched alkanes of at least 4 members (excludes halogenated alkanes) is 7. The molecule has 0 aromatic rings. The molecule has 0 saturated heterocycles. The molecule has 0 bridgehead atoms. The van der Waals surface area contributed by atoms with E-state index in [1.807, 2.05) is 6.20 Å². The summed E-state index contributed by atoms with van der Waals surface area (Å²) in [4.78, 5) is 2.09. The van der Waals surface area contributed by atoms with E-state index >= 15 is 0 Å². The van der Waals surface area contributed by atoms with Gasteiger partial charge >= 0.3 is 0 Å². The molecule has 0 radical (unpaired) electrons. The summed E-state index contributed by atoms with van der Waals surface area (Å²) in [5.41, 5.74) is 0. The van der Waals surface area contributed by atoms with Crippen LogP contribution in [0.25, 0.3) is 0 Å². The van der Waals surface area contributed by atoms with E-state index < -0.39 is 0 Å². The lowest BCUT2D eigenvalue weighted by Gasteiger charge is -2.18.